The van der Waals surface area contributed by atoms with E-state index in [9.17, 15) is 24.3 Å². The molecule has 5 rings (SSSR count). The van der Waals surface area contributed by atoms with Crippen molar-refractivity contribution in [3.63, 3.8) is 0 Å². The van der Waals surface area contributed by atoms with Gasteiger partial charge in [-0.2, -0.15) is 0 Å². The lowest BCUT2D eigenvalue weighted by Crippen LogP contribution is -2.71. The molecule has 0 aliphatic carbocycles. The highest BCUT2D eigenvalue weighted by Crippen LogP contribution is 2.50. The molecule has 4 aromatic carbocycles. The van der Waals surface area contributed by atoms with Crippen LogP contribution in [0.4, 0.5) is 5.69 Å². The van der Waals surface area contributed by atoms with Crippen LogP contribution in [0.2, 0.25) is 0 Å². The van der Waals surface area contributed by atoms with Crippen molar-refractivity contribution in [3.05, 3.63) is 133 Å². The molecule has 0 spiro atoms. The molecule has 1 fully saturated rings. The molecule has 0 aromatic heterocycles. The molecule has 0 unspecified atom stereocenters. The number of aliphatic hydroxyl groups is 1. The summed E-state index contributed by atoms with van der Waals surface area (Å²) in [6.45, 7) is 3.30. The molecule has 0 saturated carbocycles. The molecular formula is C40H41N2O7P. The number of hydrogen-bond donors (Lipinski definition) is 1. The maximum atomic E-state index is 14.6. The number of rotatable bonds is 12. The molecule has 0 bridgehead atoms. The Morgan fingerprint density at radius 3 is 1.74 bits per heavy atom. The van der Waals surface area contributed by atoms with Gasteiger partial charge in [0.1, 0.15) is 12.0 Å². The lowest BCUT2D eigenvalue weighted by atomic mass is 9.76. The molecule has 4 aromatic rings. The monoisotopic (exact) mass is 692 g/mol. The van der Waals surface area contributed by atoms with Gasteiger partial charge in [0.2, 0.25) is 5.91 Å². The molecule has 1 heterocycles. The van der Waals surface area contributed by atoms with E-state index in [0.717, 1.165) is 21.6 Å². The molecule has 258 valence electrons. The Labute approximate surface area is 292 Å². The molecule has 9 nitrogen and oxygen atoms in total. The Hall–Kier alpha value is -5.24. The zero-order valence-corrected chi connectivity index (χ0v) is 29.4. The number of esters is 3. The molecule has 1 aliphatic heterocycles. The van der Waals surface area contributed by atoms with Crippen LogP contribution in [0.15, 0.2) is 128 Å². The van der Waals surface area contributed by atoms with Gasteiger partial charge in [-0.05, 0) is 54.0 Å². The van der Waals surface area contributed by atoms with E-state index >= 15 is 0 Å². The van der Waals surface area contributed by atoms with Gasteiger partial charge in [-0.15, -0.1) is 0 Å². The first-order chi connectivity index (χ1) is 24.0. The van der Waals surface area contributed by atoms with Crippen LogP contribution in [0, 0.1) is 11.8 Å². The number of amides is 1. The predicted octanol–water partition coefficient (Wildman–Crippen LogP) is 4.13. The minimum absolute atomic E-state index is 0.0418. The Balaban J connectivity index is 1.74. The predicted molar refractivity (Wildman–Crippen MR) is 197 cm³/mol. The summed E-state index contributed by atoms with van der Waals surface area (Å²) in [6, 6.07) is 33.8. The molecule has 1 saturated heterocycles. The first-order valence-electron chi connectivity index (χ1n) is 16.3. The van der Waals surface area contributed by atoms with Crippen LogP contribution >= 0.6 is 6.89 Å². The number of ether oxygens (including phenoxy) is 2. The SMILES string of the molecule is C=CCOC(=O)C(N1C(=O)[C@H]([C@@H](C)O)[C@H]1[C@@H](C)C(=O)OC(=O)c1ccc(N(C)C)cc1)=P(c1ccccc1)(c1ccccc1)c1ccccc1. The van der Waals surface area contributed by atoms with E-state index in [1.54, 1.807) is 24.3 Å². The average molecular weight is 693 g/mol. The largest absolute Gasteiger partial charge is 0.457 e. The van der Waals surface area contributed by atoms with Crippen LogP contribution in [0.25, 0.3) is 0 Å². The Morgan fingerprint density at radius 2 is 1.32 bits per heavy atom. The van der Waals surface area contributed by atoms with E-state index in [1.165, 1.54) is 24.8 Å². The van der Waals surface area contributed by atoms with Crippen molar-refractivity contribution in [1.82, 2.24) is 4.90 Å². The highest BCUT2D eigenvalue weighted by molar-refractivity contribution is 7.96. The van der Waals surface area contributed by atoms with Crippen molar-refractivity contribution in [2.45, 2.75) is 26.0 Å². The smallest absolute Gasteiger partial charge is 0.356 e. The van der Waals surface area contributed by atoms with Crippen LogP contribution in [-0.4, -0.2) is 72.1 Å². The van der Waals surface area contributed by atoms with Gasteiger partial charge in [0, 0.05) is 26.7 Å². The van der Waals surface area contributed by atoms with Crippen molar-refractivity contribution < 1.29 is 33.8 Å². The Kier molecular flexibility index (Phi) is 11.2. The summed E-state index contributed by atoms with van der Waals surface area (Å²) in [5, 5.41) is 13.2. The van der Waals surface area contributed by atoms with Crippen LogP contribution < -0.4 is 20.8 Å². The van der Waals surface area contributed by atoms with Gasteiger partial charge in [-0.1, -0.05) is 104 Å². The summed E-state index contributed by atoms with van der Waals surface area (Å²) in [7, 11) is 3.73. The number of aliphatic hydroxyl groups excluding tert-OH is 1. The van der Waals surface area contributed by atoms with Crippen LogP contribution in [0.3, 0.4) is 0 Å². The number of anilines is 1. The second-order valence-corrected chi connectivity index (χ2v) is 15.6. The minimum Gasteiger partial charge on any atom is -0.457 e. The quantitative estimate of drug-likeness (QED) is 0.0776. The second-order valence-electron chi connectivity index (χ2n) is 12.3. The highest BCUT2D eigenvalue weighted by Gasteiger charge is 2.58. The van der Waals surface area contributed by atoms with E-state index in [1.807, 2.05) is 110 Å². The maximum absolute atomic E-state index is 14.6. The summed E-state index contributed by atoms with van der Waals surface area (Å²) >= 11 is 0. The summed E-state index contributed by atoms with van der Waals surface area (Å²) < 4.78 is 11.1. The number of hydrogen-bond acceptors (Lipinski definition) is 8. The molecular weight excluding hydrogens is 651 g/mol. The van der Waals surface area contributed by atoms with Crippen LogP contribution in [0.5, 0.6) is 0 Å². The molecule has 1 amide bonds. The van der Waals surface area contributed by atoms with Crippen LogP contribution in [-0.2, 0) is 23.9 Å². The number of nitrogens with zero attached hydrogens (tertiary/aromatic N) is 2. The zero-order chi connectivity index (χ0) is 36.0. The summed E-state index contributed by atoms with van der Waals surface area (Å²) in [4.78, 5) is 59.0. The molecule has 1 N–H and O–H groups in total. The summed E-state index contributed by atoms with van der Waals surface area (Å²) in [5.41, 5.74) is 1.07. The lowest BCUT2D eigenvalue weighted by molar-refractivity contribution is -0.166. The highest BCUT2D eigenvalue weighted by atomic mass is 31.2. The van der Waals surface area contributed by atoms with Crippen molar-refractivity contribution in [2.24, 2.45) is 11.8 Å². The first kappa shape index (κ1) is 36.1. The number of likely N-dealkylation sites (tertiary alicyclic amines) is 1. The fraction of sp³-hybridized carbons (Fsp3) is 0.225. The van der Waals surface area contributed by atoms with Crippen molar-refractivity contribution in [3.8, 4) is 0 Å². The third kappa shape index (κ3) is 6.79. The van der Waals surface area contributed by atoms with Crippen molar-refractivity contribution in [1.29, 1.82) is 0 Å². The fourth-order valence-corrected chi connectivity index (χ4v) is 10.8. The number of benzene rings is 4. The van der Waals surface area contributed by atoms with Gasteiger partial charge in [0.25, 0.3) is 0 Å². The third-order valence-corrected chi connectivity index (χ3v) is 13.1. The number of β-lactam (4-membered cyclic amide) rings is 1. The topological polar surface area (TPSA) is 113 Å². The maximum Gasteiger partial charge on any atom is 0.356 e. The first-order valence-corrected chi connectivity index (χ1v) is 18.1. The third-order valence-electron chi connectivity index (χ3n) is 8.90. The zero-order valence-electron chi connectivity index (χ0n) is 28.5. The van der Waals surface area contributed by atoms with Crippen LogP contribution in [0.1, 0.15) is 24.2 Å². The standard InChI is InChI=1S/C40H41N2O7P/c1-6-26-48-40(47)37(50(31-16-10-7-11-17-31,32-18-12-8-13-19-32)33-20-14-9-15-21-33)42-35(34(28(3)43)36(42)44)27(2)38(45)49-39(46)29-22-24-30(25-23-29)41(4)5/h6-25,27-28,34-35,43H,1,26H2,2-5H3/t27-,28-,34-,35-/m1/s1. The van der Waals surface area contributed by atoms with Gasteiger partial charge in [-0.25, -0.2) is 9.59 Å². The Bertz CT molecular complexity index is 1810. The van der Waals surface area contributed by atoms with E-state index in [0.29, 0.717) is 0 Å². The Morgan fingerprint density at radius 1 is 0.840 bits per heavy atom. The second kappa shape index (κ2) is 15.5. The van der Waals surface area contributed by atoms with E-state index in [4.69, 9.17) is 9.47 Å². The number of carbonyl (C=O) groups is 4. The minimum atomic E-state index is -3.26. The average Bonchev–Trinajstić information content (AvgIpc) is 3.13. The van der Waals surface area contributed by atoms with E-state index in [2.05, 4.69) is 6.58 Å². The van der Waals surface area contributed by atoms with Crippen molar-refractivity contribution in [2.75, 3.05) is 25.6 Å². The van der Waals surface area contributed by atoms with Gasteiger partial charge < -0.3 is 24.4 Å². The van der Waals surface area contributed by atoms with Gasteiger partial charge in [-0.3, -0.25) is 9.59 Å². The normalized spacial score (nSPS) is 16.7. The molecule has 4 atom stereocenters. The van der Waals surface area contributed by atoms with E-state index < -0.39 is 54.7 Å². The van der Waals surface area contributed by atoms with Crippen molar-refractivity contribution >= 4 is 57.7 Å². The van der Waals surface area contributed by atoms with Gasteiger partial charge in [0.15, 0.2) is 0 Å². The summed E-state index contributed by atoms with van der Waals surface area (Å²) in [5.74, 6) is -5.28. The number of carbonyl (C=O) groups excluding carboxylic acids is 4. The molecule has 50 heavy (non-hydrogen) atoms. The summed E-state index contributed by atoms with van der Waals surface area (Å²) in [6.07, 6.45) is 0.255. The fourth-order valence-electron chi connectivity index (χ4n) is 6.45. The van der Waals surface area contributed by atoms with E-state index in [-0.39, 0.29) is 17.6 Å². The lowest BCUT2D eigenvalue weighted by Gasteiger charge is -2.52. The molecule has 10 heteroatoms. The van der Waals surface area contributed by atoms with Gasteiger partial charge >= 0.3 is 17.9 Å². The molecule has 1 aliphatic rings. The van der Waals surface area contributed by atoms with Gasteiger partial charge in [0.05, 0.1) is 29.5 Å². The molecule has 0 radical (unpaired) electrons.